The second kappa shape index (κ2) is 8.05. The largest absolute Gasteiger partial charge is 0.462 e. The van der Waals surface area contributed by atoms with Crippen molar-refractivity contribution in [2.24, 2.45) is 0 Å². The quantitative estimate of drug-likeness (QED) is 0.727. The van der Waals surface area contributed by atoms with Crippen molar-refractivity contribution in [1.82, 2.24) is 9.97 Å². The highest BCUT2D eigenvalue weighted by Gasteiger charge is 2.25. The number of hydrogen-bond donors (Lipinski definition) is 0. The lowest BCUT2D eigenvalue weighted by molar-refractivity contribution is 0.0524. The van der Waals surface area contributed by atoms with Crippen LogP contribution in [0, 0.1) is 5.82 Å². The van der Waals surface area contributed by atoms with Crippen LogP contribution < -0.4 is 4.74 Å². The van der Waals surface area contributed by atoms with E-state index in [-0.39, 0.29) is 30.5 Å². The molecular formula is C19H23FN2O3. The molecule has 0 radical (unpaired) electrons. The minimum absolute atomic E-state index is 0.0453. The Bertz CT molecular complexity index is 743. The van der Waals surface area contributed by atoms with Crippen LogP contribution >= 0.6 is 0 Å². The molecule has 0 aliphatic heterocycles. The molecule has 0 fully saturated rings. The number of nitrogens with zero attached hydrogens (tertiary/aromatic N) is 2. The Morgan fingerprint density at radius 3 is 2.28 bits per heavy atom. The number of carbonyl (C=O) groups excluding carboxylic acids is 1. The molecule has 25 heavy (non-hydrogen) atoms. The van der Waals surface area contributed by atoms with Gasteiger partial charge < -0.3 is 9.47 Å². The predicted octanol–water partition coefficient (Wildman–Crippen LogP) is 4.37. The summed E-state index contributed by atoms with van der Waals surface area (Å²) in [5.74, 6) is -0.907. The summed E-state index contributed by atoms with van der Waals surface area (Å²) < 4.78 is 24.1. The number of carbonyl (C=O) groups is 1. The van der Waals surface area contributed by atoms with Crippen molar-refractivity contribution < 1.29 is 18.7 Å². The van der Waals surface area contributed by atoms with Gasteiger partial charge in [-0.2, -0.15) is 9.97 Å². The molecule has 0 saturated heterocycles. The predicted molar refractivity (Wildman–Crippen MR) is 93.2 cm³/mol. The molecule has 6 heteroatoms. The summed E-state index contributed by atoms with van der Waals surface area (Å²) in [6, 6.07) is 5.98. The molecule has 0 amide bonds. The van der Waals surface area contributed by atoms with Gasteiger partial charge in [0, 0.05) is 5.56 Å². The van der Waals surface area contributed by atoms with Gasteiger partial charge in [-0.05, 0) is 51.0 Å². The SMILES string of the molecule is CCOC(=O)c1c(-c2ccc(F)cc2)nc(OC(C)C)nc1C(C)C. The van der Waals surface area contributed by atoms with Crippen LogP contribution in [0.5, 0.6) is 6.01 Å². The maximum absolute atomic E-state index is 13.3. The molecule has 0 aliphatic rings. The normalized spacial score (nSPS) is 11.0. The Balaban J connectivity index is 2.71. The highest BCUT2D eigenvalue weighted by molar-refractivity contribution is 5.97. The monoisotopic (exact) mass is 346 g/mol. The number of ether oxygens (including phenoxy) is 2. The van der Waals surface area contributed by atoms with Crippen molar-refractivity contribution in [3.63, 3.8) is 0 Å². The Morgan fingerprint density at radius 1 is 1.12 bits per heavy atom. The standard InChI is InChI=1S/C19H23FN2O3/c1-6-24-18(23)15-16(11(2)3)21-19(25-12(4)5)22-17(15)13-7-9-14(20)10-8-13/h7-12H,6H2,1-5H3. The van der Waals surface area contributed by atoms with E-state index in [1.165, 1.54) is 12.1 Å². The molecule has 2 rings (SSSR count). The number of rotatable bonds is 6. The average molecular weight is 346 g/mol. The Morgan fingerprint density at radius 2 is 1.76 bits per heavy atom. The molecule has 0 unspecified atom stereocenters. The fourth-order valence-electron chi connectivity index (χ4n) is 2.36. The lowest BCUT2D eigenvalue weighted by Gasteiger charge is -2.17. The second-order valence-electron chi connectivity index (χ2n) is 6.16. The zero-order valence-electron chi connectivity index (χ0n) is 15.2. The van der Waals surface area contributed by atoms with Crippen LogP contribution in [0.25, 0.3) is 11.3 Å². The molecule has 134 valence electrons. The molecule has 0 N–H and O–H groups in total. The fourth-order valence-corrected chi connectivity index (χ4v) is 2.36. The fraction of sp³-hybridized carbons (Fsp3) is 0.421. The Labute approximate surface area is 147 Å². The second-order valence-corrected chi connectivity index (χ2v) is 6.16. The Hall–Kier alpha value is -2.50. The van der Waals surface area contributed by atoms with Gasteiger partial charge in [-0.1, -0.05) is 13.8 Å². The van der Waals surface area contributed by atoms with Crippen molar-refractivity contribution in [1.29, 1.82) is 0 Å². The van der Waals surface area contributed by atoms with Gasteiger partial charge in [0.2, 0.25) is 0 Å². The highest BCUT2D eigenvalue weighted by Crippen LogP contribution is 2.30. The first-order valence-electron chi connectivity index (χ1n) is 8.35. The summed E-state index contributed by atoms with van der Waals surface area (Å²) in [4.78, 5) is 21.4. The van der Waals surface area contributed by atoms with Crippen molar-refractivity contribution in [2.45, 2.75) is 46.6 Å². The number of aromatic nitrogens is 2. The molecular weight excluding hydrogens is 323 g/mol. The molecule has 0 aliphatic carbocycles. The average Bonchev–Trinajstić information content (AvgIpc) is 2.54. The van der Waals surface area contributed by atoms with E-state index in [9.17, 15) is 9.18 Å². The molecule has 1 aromatic carbocycles. The van der Waals surface area contributed by atoms with E-state index < -0.39 is 5.97 Å². The minimum atomic E-state index is -0.498. The summed E-state index contributed by atoms with van der Waals surface area (Å²) in [7, 11) is 0. The third-order valence-electron chi connectivity index (χ3n) is 3.40. The van der Waals surface area contributed by atoms with Crippen molar-refractivity contribution >= 4 is 5.97 Å². The van der Waals surface area contributed by atoms with Crippen LogP contribution in [-0.2, 0) is 4.74 Å². The van der Waals surface area contributed by atoms with Gasteiger partial charge in [-0.3, -0.25) is 0 Å². The summed E-state index contributed by atoms with van der Waals surface area (Å²) in [6.07, 6.45) is -0.116. The zero-order chi connectivity index (χ0) is 18.6. The van der Waals surface area contributed by atoms with Crippen LogP contribution in [0.15, 0.2) is 24.3 Å². The maximum atomic E-state index is 13.3. The van der Waals surface area contributed by atoms with Gasteiger partial charge in [-0.25, -0.2) is 9.18 Å². The maximum Gasteiger partial charge on any atom is 0.342 e. The minimum Gasteiger partial charge on any atom is -0.462 e. The first kappa shape index (κ1) is 18.8. The molecule has 2 aromatic rings. The van der Waals surface area contributed by atoms with Crippen LogP contribution in [-0.4, -0.2) is 28.6 Å². The summed E-state index contributed by atoms with van der Waals surface area (Å²) in [5.41, 5.74) is 1.82. The number of benzene rings is 1. The lowest BCUT2D eigenvalue weighted by Crippen LogP contribution is -2.17. The van der Waals surface area contributed by atoms with Crippen molar-refractivity contribution in [3.8, 4) is 17.3 Å². The smallest absolute Gasteiger partial charge is 0.342 e. The molecule has 0 saturated carbocycles. The van der Waals surface area contributed by atoms with E-state index in [1.807, 2.05) is 27.7 Å². The van der Waals surface area contributed by atoms with E-state index >= 15 is 0 Å². The first-order chi connectivity index (χ1) is 11.8. The third-order valence-corrected chi connectivity index (χ3v) is 3.40. The summed E-state index contributed by atoms with van der Waals surface area (Å²) >= 11 is 0. The Kier molecular flexibility index (Phi) is 6.07. The van der Waals surface area contributed by atoms with Crippen molar-refractivity contribution in [2.75, 3.05) is 6.61 Å². The van der Waals surface area contributed by atoms with Crippen molar-refractivity contribution in [3.05, 3.63) is 41.3 Å². The highest BCUT2D eigenvalue weighted by atomic mass is 19.1. The van der Waals surface area contributed by atoms with Crippen LogP contribution in [0.1, 0.15) is 56.6 Å². The topological polar surface area (TPSA) is 61.3 Å². The number of esters is 1. The van der Waals surface area contributed by atoms with E-state index in [2.05, 4.69) is 9.97 Å². The van der Waals surface area contributed by atoms with Gasteiger partial charge in [0.1, 0.15) is 11.4 Å². The molecule has 0 atom stereocenters. The van der Waals surface area contributed by atoms with Crippen LogP contribution in [0.2, 0.25) is 0 Å². The summed E-state index contributed by atoms with van der Waals surface area (Å²) in [5, 5.41) is 0. The summed E-state index contributed by atoms with van der Waals surface area (Å²) in [6.45, 7) is 9.58. The van der Waals surface area contributed by atoms with E-state index in [0.29, 0.717) is 22.5 Å². The third kappa shape index (κ3) is 4.53. The van der Waals surface area contributed by atoms with Gasteiger partial charge in [0.15, 0.2) is 0 Å². The molecule has 1 heterocycles. The number of hydrogen-bond acceptors (Lipinski definition) is 5. The van der Waals surface area contributed by atoms with Gasteiger partial charge in [0.05, 0.1) is 24.1 Å². The lowest BCUT2D eigenvalue weighted by atomic mass is 9.98. The van der Waals surface area contributed by atoms with Gasteiger partial charge >= 0.3 is 12.0 Å². The zero-order valence-corrected chi connectivity index (χ0v) is 15.2. The van der Waals surface area contributed by atoms with Crippen LogP contribution in [0.3, 0.4) is 0 Å². The van der Waals surface area contributed by atoms with E-state index in [0.717, 1.165) is 0 Å². The molecule has 0 bridgehead atoms. The van der Waals surface area contributed by atoms with Gasteiger partial charge in [-0.15, -0.1) is 0 Å². The number of halogens is 1. The molecule has 0 spiro atoms. The van der Waals surface area contributed by atoms with E-state index in [4.69, 9.17) is 9.47 Å². The van der Waals surface area contributed by atoms with Crippen LogP contribution in [0.4, 0.5) is 4.39 Å². The first-order valence-corrected chi connectivity index (χ1v) is 8.35. The van der Waals surface area contributed by atoms with Gasteiger partial charge in [0.25, 0.3) is 0 Å². The molecule has 5 nitrogen and oxygen atoms in total. The van der Waals surface area contributed by atoms with E-state index in [1.54, 1.807) is 19.1 Å². The molecule has 1 aromatic heterocycles.